The van der Waals surface area contributed by atoms with Crippen LogP contribution in [0.4, 0.5) is 23.2 Å². The van der Waals surface area contributed by atoms with Crippen molar-refractivity contribution in [3.8, 4) is 0 Å². The molecule has 0 unspecified atom stereocenters. The number of alkyl halides is 3. The summed E-state index contributed by atoms with van der Waals surface area (Å²) in [5.74, 6) is -1.59. The largest absolute Gasteiger partial charge is 0.419 e. The molecule has 0 aromatic heterocycles. The molecule has 0 saturated heterocycles. The summed E-state index contributed by atoms with van der Waals surface area (Å²) < 4.78 is 100. The zero-order valence-electron chi connectivity index (χ0n) is 12.5. The highest BCUT2D eigenvalue weighted by Gasteiger charge is 2.35. The first-order chi connectivity index (χ1) is 11.3. The zero-order chi connectivity index (χ0) is 19.0. The highest BCUT2D eigenvalue weighted by atomic mass is 32.2. The second-order valence-electron chi connectivity index (χ2n) is 5.04. The first-order valence-electron chi connectivity index (χ1n) is 6.50. The van der Waals surface area contributed by atoms with Crippen LogP contribution in [0, 0.1) is 5.82 Å². The number of hydrogen-bond acceptors (Lipinski definition) is 4. The second kappa shape index (κ2) is 6.30. The Balaban J connectivity index is 2.37. The third-order valence-corrected chi connectivity index (χ3v) is 5.60. The molecule has 0 amide bonds. The maximum absolute atomic E-state index is 13.2. The lowest BCUT2D eigenvalue weighted by Crippen LogP contribution is -2.15. The van der Waals surface area contributed by atoms with Crippen LogP contribution in [0.1, 0.15) is 5.56 Å². The average molecular weight is 397 g/mol. The molecule has 1 N–H and O–H groups in total. The van der Waals surface area contributed by atoms with Crippen LogP contribution in [-0.4, -0.2) is 23.1 Å². The molecule has 2 aromatic carbocycles. The molecule has 0 atom stereocenters. The maximum atomic E-state index is 13.2. The molecule has 0 radical (unpaired) electrons. The van der Waals surface area contributed by atoms with E-state index < -0.39 is 42.3 Å². The molecule has 0 heterocycles. The molecular weight excluding hydrogens is 386 g/mol. The van der Waals surface area contributed by atoms with Gasteiger partial charge in [-0.3, -0.25) is 4.72 Å². The molecular formula is C14H11F4NO4S2. The van der Waals surface area contributed by atoms with Crippen molar-refractivity contribution >= 4 is 25.5 Å². The molecule has 2 aromatic rings. The summed E-state index contributed by atoms with van der Waals surface area (Å²) in [6.07, 6.45) is -4.09. The minimum atomic E-state index is -5.05. The van der Waals surface area contributed by atoms with Crippen LogP contribution in [-0.2, 0) is 26.0 Å². The molecule has 5 nitrogen and oxygen atoms in total. The van der Waals surface area contributed by atoms with Crippen molar-refractivity contribution in [1.29, 1.82) is 0 Å². The van der Waals surface area contributed by atoms with Crippen LogP contribution in [0.25, 0.3) is 0 Å². The summed E-state index contributed by atoms with van der Waals surface area (Å²) in [4.78, 5) is -0.843. The van der Waals surface area contributed by atoms with Crippen LogP contribution in [0.5, 0.6) is 0 Å². The molecule has 0 bridgehead atoms. The van der Waals surface area contributed by atoms with E-state index in [4.69, 9.17) is 0 Å². The van der Waals surface area contributed by atoms with E-state index in [2.05, 4.69) is 0 Å². The van der Waals surface area contributed by atoms with Gasteiger partial charge in [0.1, 0.15) is 5.82 Å². The van der Waals surface area contributed by atoms with Gasteiger partial charge in [0, 0.05) is 11.9 Å². The summed E-state index contributed by atoms with van der Waals surface area (Å²) in [7, 11) is -7.91. The molecule has 136 valence electrons. The van der Waals surface area contributed by atoms with Gasteiger partial charge < -0.3 is 0 Å². The number of sulfone groups is 1. The summed E-state index contributed by atoms with van der Waals surface area (Å²) in [6.45, 7) is 0. The second-order valence-corrected chi connectivity index (χ2v) is 8.74. The minimum absolute atomic E-state index is 0.0587. The van der Waals surface area contributed by atoms with Gasteiger partial charge in [-0.05, 0) is 42.5 Å². The van der Waals surface area contributed by atoms with E-state index in [9.17, 15) is 34.4 Å². The number of hydrogen-bond donors (Lipinski definition) is 1. The topological polar surface area (TPSA) is 80.3 Å². The lowest BCUT2D eigenvalue weighted by Gasteiger charge is -2.12. The Bertz CT molecular complexity index is 998. The van der Waals surface area contributed by atoms with Crippen molar-refractivity contribution in [2.24, 2.45) is 0 Å². The molecule has 0 aliphatic rings. The average Bonchev–Trinajstić information content (AvgIpc) is 2.45. The third kappa shape index (κ3) is 4.48. The van der Waals surface area contributed by atoms with Crippen molar-refractivity contribution < 1.29 is 34.4 Å². The predicted octanol–water partition coefficient (Wildman–Crippen LogP) is 3.05. The molecule has 0 aliphatic heterocycles. The van der Waals surface area contributed by atoms with Gasteiger partial charge in [0.25, 0.3) is 10.0 Å². The standard InChI is InChI=1S/C14H11F4NO4S2/c1-24(20,21)10-4-2-9(3-5-10)19-25(22,23)11-6-7-13(15)12(8-11)14(16,17)18/h2-8,19H,1H3. The van der Waals surface area contributed by atoms with Crippen LogP contribution in [0.2, 0.25) is 0 Å². The Labute approximate surface area is 141 Å². The summed E-state index contributed by atoms with van der Waals surface area (Å²) in [6, 6.07) is 5.84. The fraction of sp³-hybridized carbons (Fsp3) is 0.143. The van der Waals surface area contributed by atoms with E-state index in [-0.39, 0.29) is 16.6 Å². The highest BCUT2D eigenvalue weighted by Crippen LogP contribution is 2.33. The lowest BCUT2D eigenvalue weighted by atomic mass is 10.2. The summed E-state index contributed by atoms with van der Waals surface area (Å²) in [5, 5.41) is 0. The lowest BCUT2D eigenvalue weighted by molar-refractivity contribution is -0.140. The van der Waals surface area contributed by atoms with Crippen molar-refractivity contribution in [2.75, 3.05) is 11.0 Å². The molecule has 0 saturated carbocycles. The smallest absolute Gasteiger partial charge is 0.280 e. The van der Waals surface area contributed by atoms with E-state index in [1.54, 1.807) is 0 Å². The van der Waals surface area contributed by atoms with Crippen molar-refractivity contribution in [2.45, 2.75) is 16.0 Å². The SMILES string of the molecule is CS(=O)(=O)c1ccc(NS(=O)(=O)c2ccc(F)c(C(F)(F)F)c2)cc1. The van der Waals surface area contributed by atoms with E-state index >= 15 is 0 Å². The van der Waals surface area contributed by atoms with Crippen LogP contribution >= 0.6 is 0 Å². The van der Waals surface area contributed by atoms with Crippen LogP contribution in [0.15, 0.2) is 52.3 Å². The van der Waals surface area contributed by atoms with Gasteiger partial charge in [-0.1, -0.05) is 0 Å². The summed E-state index contributed by atoms with van der Waals surface area (Å²) >= 11 is 0. The van der Waals surface area contributed by atoms with E-state index in [0.717, 1.165) is 30.5 Å². The number of anilines is 1. The van der Waals surface area contributed by atoms with Gasteiger partial charge >= 0.3 is 6.18 Å². The normalized spacial score (nSPS) is 12.8. The number of rotatable bonds is 4. The van der Waals surface area contributed by atoms with Gasteiger partial charge in [0.05, 0.1) is 15.4 Å². The van der Waals surface area contributed by atoms with E-state index in [1.807, 2.05) is 4.72 Å². The number of nitrogens with one attached hydrogen (secondary N) is 1. The molecule has 0 aliphatic carbocycles. The van der Waals surface area contributed by atoms with Crippen LogP contribution < -0.4 is 4.72 Å². The molecule has 11 heteroatoms. The first-order valence-corrected chi connectivity index (χ1v) is 9.88. The molecule has 25 heavy (non-hydrogen) atoms. The Hall–Kier alpha value is -2.14. The van der Waals surface area contributed by atoms with Gasteiger partial charge in [-0.25, -0.2) is 21.2 Å². The monoisotopic (exact) mass is 397 g/mol. The quantitative estimate of drug-likeness (QED) is 0.805. The highest BCUT2D eigenvalue weighted by molar-refractivity contribution is 7.92. The fourth-order valence-corrected chi connectivity index (χ4v) is 3.59. The third-order valence-electron chi connectivity index (χ3n) is 3.09. The number of sulfonamides is 1. The summed E-state index contributed by atoms with van der Waals surface area (Å²) in [5.41, 5.74) is -1.77. The van der Waals surface area contributed by atoms with E-state index in [0.29, 0.717) is 12.1 Å². The minimum Gasteiger partial charge on any atom is -0.280 e. The van der Waals surface area contributed by atoms with Crippen molar-refractivity contribution in [3.05, 3.63) is 53.8 Å². The van der Waals surface area contributed by atoms with Crippen molar-refractivity contribution in [3.63, 3.8) is 0 Å². The Morgan fingerprint density at radius 1 is 0.880 bits per heavy atom. The van der Waals surface area contributed by atoms with Crippen molar-refractivity contribution in [1.82, 2.24) is 0 Å². The van der Waals surface area contributed by atoms with Gasteiger partial charge in [-0.2, -0.15) is 13.2 Å². The van der Waals surface area contributed by atoms with Gasteiger partial charge in [-0.15, -0.1) is 0 Å². The zero-order valence-corrected chi connectivity index (χ0v) is 14.1. The molecule has 0 spiro atoms. The Morgan fingerprint density at radius 2 is 1.40 bits per heavy atom. The predicted molar refractivity (Wildman–Crippen MR) is 81.8 cm³/mol. The Kier molecular flexibility index (Phi) is 4.83. The van der Waals surface area contributed by atoms with Gasteiger partial charge in [0.15, 0.2) is 9.84 Å². The van der Waals surface area contributed by atoms with Gasteiger partial charge in [0.2, 0.25) is 0 Å². The fourth-order valence-electron chi connectivity index (χ4n) is 1.87. The van der Waals surface area contributed by atoms with E-state index in [1.165, 1.54) is 0 Å². The first kappa shape index (κ1) is 19.2. The molecule has 0 fully saturated rings. The molecule has 2 rings (SSSR count). The Morgan fingerprint density at radius 3 is 1.88 bits per heavy atom. The number of halogens is 4. The maximum Gasteiger partial charge on any atom is 0.419 e. The number of benzene rings is 2. The van der Waals surface area contributed by atoms with Crippen LogP contribution in [0.3, 0.4) is 0 Å².